The minimum Gasteiger partial charge on any atom is -0.441 e. The lowest BCUT2D eigenvalue weighted by molar-refractivity contribution is -0.141. The first-order chi connectivity index (χ1) is 16.8. The van der Waals surface area contributed by atoms with Crippen LogP contribution in [0.3, 0.4) is 0 Å². The van der Waals surface area contributed by atoms with Crippen molar-refractivity contribution in [2.24, 2.45) is 0 Å². The molecule has 4 aromatic rings. The Morgan fingerprint density at radius 2 is 1.57 bits per heavy atom. The lowest BCUT2D eigenvalue weighted by Crippen LogP contribution is -2.48. The van der Waals surface area contributed by atoms with E-state index < -0.39 is 11.9 Å². The van der Waals surface area contributed by atoms with Crippen LogP contribution in [0.25, 0.3) is 17.0 Å². The number of amides is 1. The van der Waals surface area contributed by atoms with E-state index in [1.807, 2.05) is 24.3 Å². The highest BCUT2D eigenvalue weighted by Crippen LogP contribution is 2.28. The smallest absolute Gasteiger partial charge is 0.435 e. The number of halogens is 3. The van der Waals surface area contributed by atoms with Gasteiger partial charge in [0.05, 0.1) is 11.9 Å². The summed E-state index contributed by atoms with van der Waals surface area (Å²) < 4.78 is 45.1. The van der Waals surface area contributed by atoms with Crippen molar-refractivity contribution in [3.05, 3.63) is 84.1 Å². The molecule has 1 aliphatic heterocycles. The minimum absolute atomic E-state index is 0.108. The Balaban J connectivity index is 1.19. The monoisotopic (exact) mass is 481 g/mol. The van der Waals surface area contributed by atoms with Gasteiger partial charge in [-0.15, -0.1) is 0 Å². The molecule has 1 saturated heterocycles. The van der Waals surface area contributed by atoms with Gasteiger partial charge in [-0.1, -0.05) is 0 Å². The van der Waals surface area contributed by atoms with Crippen molar-refractivity contribution < 1.29 is 22.4 Å². The molecule has 7 nitrogen and oxygen atoms in total. The Hall–Kier alpha value is -4.08. The summed E-state index contributed by atoms with van der Waals surface area (Å²) in [7, 11) is 0. The Kier molecular flexibility index (Phi) is 5.80. The number of hydrogen-bond donors (Lipinski definition) is 0. The summed E-state index contributed by atoms with van der Waals surface area (Å²) in [5.41, 5.74) is 2.00. The molecular formula is C25H22F3N5O2. The molecular weight excluding hydrogens is 459 g/mol. The van der Waals surface area contributed by atoms with Gasteiger partial charge in [0.2, 0.25) is 0 Å². The van der Waals surface area contributed by atoms with Crippen LogP contribution in [0.4, 0.5) is 18.9 Å². The minimum atomic E-state index is -4.50. The molecule has 180 valence electrons. The van der Waals surface area contributed by atoms with Gasteiger partial charge in [0.15, 0.2) is 17.3 Å². The fourth-order valence-corrected chi connectivity index (χ4v) is 4.06. The topological polar surface area (TPSA) is 67.4 Å². The average Bonchev–Trinajstić information content (AvgIpc) is 3.54. The molecule has 0 saturated carbocycles. The fourth-order valence-electron chi connectivity index (χ4n) is 4.06. The molecule has 2 aromatic heterocycles. The Morgan fingerprint density at radius 3 is 2.14 bits per heavy atom. The summed E-state index contributed by atoms with van der Waals surface area (Å²) in [6.45, 7) is 4.32. The molecule has 0 aliphatic carbocycles. The van der Waals surface area contributed by atoms with Crippen molar-refractivity contribution in [1.29, 1.82) is 0 Å². The van der Waals surface area contributed by atoms with Crippen LogP contribution in [0.15, 0.2) is 71.4 Å². The lowest BCUT2D eigenvalue weighted by Gasteiger charge is -2.36. The largest absolute Gasteiger partial charge is 0.441 e. The second-order valence-electron chi connectivity index (χ2n) is 8.26. The van der Waals surface area contributed by atoms with Crippen molar-refractivity contribution in [3.63, 3.8) is 0 Å². The molecule has 3 heterocycles. The number of rotatable bonds is 4. The Labute approximate surface area is 199 Å². The SMILES string of the molecule is Cc1ncc(-c2ccc(N3CCN(C(=O)c4ccc(-n5ccc(C(F)(F)F)n5)cc4)CC3)cc2)o1. The molecule has 10 heteroatoms. The predicted octanol–water partition coefficient (Wildman–Crippen LogP) is 4.82. The summed E-state index contributed by atoms with van der Waals surface area (Å²) >= 11 is 0. The maximum Gasteiger partial charge on any atom is 0.435 e. The van der Waals surface area contributed by atoms with Crippen LogP contribution >= 0.6 is 0 Å². The van der Waals surface area contributed by atoms with Gasteiger partial charge in [-0.3, -0.25) is 4.79 Å². The normalized spacial score (nSPS) is 14.4. The van der Waals surface area contributed by atoms with Crippen LogP contribution in [-0.2, 0) is 6.18 Å². The van der Waals surface area contributed by atoms with Gasteiger partial charge in [0, 0.05) is 56.1 Å². The molecule has 2 aromatic carbocycles. The second-order valence-corrected chi connectivity index (χ2v) is 8.26. The fraction of sp³-hybridized carbons (Fsp3) is 0.240. The highest BCUT2D eigenvalue weighted by Gasteiger charge is 2.33. The molecule has 35 heavy (non-hydrogen) atoms. The number of piperazine rings is 1. The standard InChI is InChI=1S/C25H22F3N5O2/c1-17-29-16-22(35-17)18-2-6-20(7-3-18)31-12-14-32(15-13-31)24(34)19-4-8-21(9-5-19)33-11-10-23(30-33)25(26,27)28/h2-11,16H,12-15H2,1H3. The van der Waals surface area contributed by atoms with E-state index in [1.165, 1.54) is 6.20 Å². The second kappa shape index (κ2) is 8.94. The van der Waals surface area contributed by atoms with Gasteiger partial charge in [0.25, 0.3) is 5.91 Å². The molecule has 0 radical (unpaired) electrons. The van der Waals surface area contributed by atoms with E-state index in [9.17, 15) is 18.0 Å². The number of nitrogens with zero attached hydrogens (tertiary/aromatic N) is 5. The predicted molar refractivity (Wildman–Crippen MR) is 123 cm³/mol. The van der Waals surface area contributed by atoms with E-state index in [0.717, 1.165) is 27.8 Å². The van der Waals surface area contributed by atoms with Crippen LogP contribution in [0.5, 0.6) is 0 Å². The molecule has 0 unspecified atom stereocenters. The van der Waals surface area contributed by atoms with E-state index in [0.29, 0.717) is 43.3 Å². The molecule has 0 spiro atoms. The molecule has 1 fully saturated rings. The van der Waals surface area contributed by atoms with Crippen molar-refractivity contribution in [2.45, 2.75) is 13.1 Å². The van der Waals surface area contributed by atoms with Gasteiger partial charge in [-0.05, 0) is 54.6 Å². The summed E-state index contributed by atoms with van der Waals surface area (Å²) in [6, 6.07) is 15.4. The third-order valence-electron chi connectivity index (χ3n) is 5.96. The van der Waals surface area contributed by atoms with Crippen molar-refractivity contribution >= 4 is 11.6 Å². The molecule has 5 rings (SSSR count). The van der Waals surface area contributed by atoms with E-state index >= 15 is 0 Å². The van der Waals surface area contributed by atoms with Gasteiger partial charge in [-0.25, -0.2) is 9.67 Å². The molecule has 0 N–H and O–H groups in total. The highest BCUT2D eigenvalue weighted by molar-refractivity contribution is 5.94. The third-order valence-corrected chi connectivity index (χ3v) is 5.96. The first kappa shape index (κ1) is 22.7. The number of oxazole rings is 1. The number of benzene rings is 2. The Bertz CT molecular complexity index is 1320. The number of anilines is 1. The molecule has 0 atom stereocenters. The number of carbonyl (C=O) groups excluding carboxylic acids is 1. The van der Waals surface area contributed by atoms with Crippen LogP contribution in [0.1, 0.15) is 21.9 Å². The van der Waals surface area contributed by atoms with Crippen molar-refractivity contribution in [3.8, 4) is 17.0 Å². The zero-order valence-electron chi connectivity index (χ0n) is 18.9. The number of aromatic nitrogens is 3. The van der Waals surface area contributed by atoms with E-state index in [-0.39, 0.29) is 5.91 Å². The quantitative estimate of drug-likeness (QED) is 0.418. The summed E-state index contributed by atoms with van der Waals surface area (Å²) in [4.78, 5) is 21.1. The summed E-state index contributed by atoms with van der Waals surface area (Å²) in [5.74, 6) is 1.24. The van der Waals surface area contributed by atoms with Crippen molar-refractivity contribution in [1.82, 2.24) is 19.7 Å². The van der Waals surface area contributed by atoms with E-state index in [1.54, 1.807) is 42.3 Å². The van der Waals surface area contributed by atoms with Crippen LogP contribution in [0, 0.1) is 6.92 Å². The van der Waals surface area contributed by atoms with Crippen LogP contribution in [-0.4, -0.2) is 51.8 Å². The van der Waals surface area contributed by atoms with Gasteiger partial charge >= 0.3 is 6.18 Å². The van der Waals surface area contributed by atoms with Crippen molar-refractivity contribution in [2.75, 3.05) is 31.1 Å². The maximum absolute atomic E-state index is 12.9. The summed E-state index contributed by atoms with van der Waals surface area (Å²) in [5, 5.41) is 3.56. The number of hydrogen-bond acceptors (Lipinski definition) is 5. The zero-order chi connectivity index (χ0) is 24.6. The number of carbonyl (C=O) groups is 1. The maximum atomic E-state index is 12.9. The first-order valence-electron chi connectivity index (χ1n) is 11.1. The highest BCUT2D eigenvalue weighted by atomic mass is 19.4. The Morgan fingerprint density at radius 1 is 0.914 bits per heavy atom. The van der Waals surface area contributed by atoms with Crippen LogP contribution in [0.2, 0.25) is 0 Å². The lowest BCUT2D eigenvalue weighted by atomic mass is 10.1. The first-order valence-corrected chi connectivity index (χ1v) is 11.1. The molecule has 1 amide bonds. The van der Waals surface area contributed by atoms with Gasteiger partial charge < -0.3 is 14.2 Å². The molecule has 1 aliphatic rings. The third kappa shape index (κ3) is 4.77. The van der Waals surface area contributed by atoms with Crippen LogP contribution < -0.4 is 4.90 Å². The number of alkyl halides is 3. The van der Waals surface area contributed by atoms with Gasteiger partial charge in [-0.2, -0.15) is 18.3 Å². The number of aryl methyl sites for hydroxylation is 1. The van der Waals surface area contributed by atoms with E-state index in [2.05, 4.69) is 15.0 Å². The zero-order valence-corrected chi connectivity index (χ0v) is 18.9. The van der Waals surface area contributed by atoms with E-state index in [4.69, 9.17) is 4.42 Å². The summed E-state index contributed by atoms with van der Waals surface area (Å²) in [6.07, 6.45) is -1.55. The van der Waals surface area contributed by atoms with Gasteiger partial charge in [0.1, 0.15) is 0 Å². The molecule has 0 bridgehead atoms. The average molecular weight is 481 g/mol.